The van der Waals surface area contributed by atoms with Crippen LogP contribution < -0.4 is 14.4 Å². The normalized spacial score (nSPS) is 19.9. The zero-order valence-corrected chi connectivity index (χ0v) is 23.1. The van der Waals surface area contributed by atoms with E-state index < -0.39 is 5.60 Å². The smallest absolute Gasteiger partial charge is 0.410 e. The Kier molecular flexibility index (Phi) is 5.90. The first kappa shape index (κ1) is 24.8. The summed E-state index contributed by atoms with van der Waals surface area (Å²) in [6.07, 6.45) is 3.39. The van der Waals surface area contributed by atoms with Gasteiger partial charge in [-0.1, -0.05) is 23.7 Å². The van der Waals surface area contributed by atoms with Crippen molar-refractivity contribution < 1.29 is 19.0 Å². The van der Waals surface area contributed by atoms with Gasteiger partial charge in [0.2, 0.25) is 0 Å². The molecule has 1 atom stereocenters. The molecule has 8 nitrogen and oxygen atoms in total. The summed E-state index contributed by atoms with van der Waals surface area (Å²) in [5.74, 6) is 2.12. The first-order valence-corrected chi connectivity index (χ1v) is 13.3. The first-order valence-electron chi connectivity index (χ1n) is 12.9. The third-order valence-electron chi connectivity index (χ3n) is 7.15. The summed E-state index contributed by atoms with van der Waals surface area (Å²) in [6.45, 7) is 12.1. The monoisotopic (exact) mass is 534 g/mol. The van der Waals surface area contributed by atoms with Crippen LogP contribution in [0.3, 0.4) is 0 Å². The van der Waals surface area contributed by atoms with Crippen molar-refractivity contribution >= 4 is 40.5 Å². The van der Waals surface area contributed by atoms with Gasteiger partial charge in [-0.05, 0) is 57.9 Å². The van der Waals surface area contributed by atoms with E-state index in [1.165, 1.54) is 0 Å². The molecule has 0 N–H and O–H groups in total. The molecule has 1 saturated heterocycles. The van der Waals surface area contributed by atoms with Crippen LogP contribution in [0.25, 0.3) is 28.1 Å². The molecular weight excluding hydrogens is 504 g/mol. The van der Waals surface area contributed by atoms with Gasteiger partial charge in [-0.25, -0.2) is 14.8 Å². The molecule has 4 heterocycles. The van der Waals surface area contributed by atoms with Crippen LogP contribution in [0.4, 0.5) is 10.6 Å². The summed E-state index contributed by atoms with van der Waals surface area (Å²) in [4.78, 5) is 26.3. The molecule has 38 heavy (non-hydrogen) atoms. The molecule has 0 bridgehead atoms. The molecule has 2 aromatic carbocycles. The van der Waals surface area contributed by atoms with Crippen molar-refractivity contribution in [2.75, 3.05) is 37.7 Å². The number of carbonyl (C=O) groups is 1. The molecule has 3 aliphatic heterocycles. The van der Waals surface area contributed by atoms with Crippen LogP contribution in [0.15, 0.2) is 30.1 Å². The van der Waals surface area contributed by atoms with Crippen LogP contribution in [-0.2, 0) is 4.74 Å². The second-order valence-corrected chi connectivity index (χ2v) is 11.5. The molecule has 0 radical (unpaired) electrons. The highest BCUT2D eigenvalue weighted by Crippen LogP contribution is 2.51. The molecule has 3 aliphatic rings. The van der Waals surface area contributed by atoms with E-state index in [1.807, 2.05) is 39.8 Å². The lowest BCUT2D eigenvalue weighted by Crippen LogP contribution is -2.57. The molecule has 1 aromatic heterocycles. The van der Waals surface area contributed by atoms with Crippen molar-refractivity contribution in [1.29, 1.82) is 0 Å². The molecule has 6 rings (SSSR count). The summed E-state index contributed by atoms with van der Waals surface area (Å²) in [5.41, 5.74) is 5.06. The molecule has 9 heteroatoms. The molecule has 198 valence electrons. The highest BCUT2D eigenvalue weighted by molar-refractivity contribution is 6.37. The maximum absolute atomic E-state index is 12.8. The second-order valence-electron chi connectivity index (χ2n) is 11.2. The third-order valence-corrected chi connectivity index (χ3v) is 7.52. The third kappa shape index (κ3) is 4.11. The maximum Gasteiger partial charge on any atom is 0.410 e. The number of piperazine rings is 1. The van der Waals surface area contributed by atoms with Crippen molar-refractivity contribution in [3.63, 3.8) is 0 Å². The van der Waals surface area contributed by atoms with E-state index in [-0.39, 0.29) is 12.1 Å². The number of halogens is 1. The van der Waals surface area contributed by atoms with E-state index in [0.29, 0.717) is 43.6 Å². The van der Waals surface area contributed by atoms with Crippen molar-refractivity contribution in [1.82, 2.24) is 14.9 Å². The number of hydrogen-bond donors (Lipinski definition) is 0. The number of aromatic nitrogens is 2. The number of hydrogen-bond acceptors (Lipinski definition) is 7. The minimum Gasteiger partial charge on any atom is -0.489 e. The number of carbonyl (C=O) groups excluding carboxylic acids is 1. The summed E-state index contributed by atoms with van der Waals surface area (Å²) in [5, 5.41) is 1.31. The number of amides is 1. The van der Waals surface area contributed by atoms with Crippen molar-refractivity contribution in [2.24, 2.45) is 0 Å². The number of nitrogens with zero attached hydrogens (tertiary/aromatic N) is 4. The fourth-order valence-electron chi connectivity index (χ4n) is 5.50. The molecule has 1 amide bonds. The Hall–Kier alpha value is -3.52. The summed E-state index contributed by atoms with van der Waals surface area (Å²) >= 11 is 7.24. The highest BCUT2D eigenvalue weighted by Gasteiger charge is 2.38. The minimum absolute atomic E-state index is 0.116. The van der Waals surface area contributed by atoms with Gasteiger partial charge in [0.15, 0.2) is 5.75 Å². The molecule has 3 aromatic rings. The first-order chi connectivity index (χ1) is 18.1. The average Bonchev–Trinajstić information content (AvgIpc) is 3.02. The molecule has 1 fully saturated rings. The van der Waals surface area contributed by atoms with Gasteiger partial charge in [-0.2, -0.15) is 0 Å². The van der Waals surface area contributed by atoms with Gasteiger partial charge in [0.25, 0.3) is 0 Å². The standard InChI is InChI=1S/C29H31ClN4O4/c1-16-11-19-22(21-17(2)7-6-8-20(21)36-13-16)24(30)26-23-25(19)31-15-32-27(23)34-10-9-33(12-18(34)14-37-26)28(35)38-29(3,4)5/h6-8,11,15,18H,9-10,12-14H2,1-5H3/b16-11-/t18-/m0/s1. The second kappa shape index (κ2) is 9.05. The average molecular weight is 535 g/mol. The Morgan fingerprint density at radius 3 is 2.74 bits per heavy atom. The van der Waals surface area contributed by atoms with Crippen LogP contribution in [-0.4, -0.2) is 65.5 Å². The number of anilines is 1. The van der Waals surface area contributed by atoms with E-state index in [0.717, 1.165) is 50.3 Å². The van der Waals surface area contributed by atoms with Crippen molar-refractivity contribution in [3.8, 4) is 22.6 Å². The van der Waals surface area contributed by atoms with E-state index in [9.17, 15) is 4.79 Å². The zero-order valence-electron chi connectivity index (χ0n) is 22.3. The Labute approximate surface area is 227 Å². The van der Waals surface area contributed by atoms with Gasteiger partial charge in [-0.3, -0.25) is 0 Å². The van der Waals surface area contributed by atoms with Gasteiger partial charge in [0.1, 0.15) is 36.7 Å². The molecule has 0 spiro atoms. The lowest BCUT2D eigenvalue weighted by molar-refractivity contribution is 0.0202. The van der Waals surface area contributed by atoms with E-state index in [2.05, 4.69) is 24.0 Å². The summed E-state index contributed by atoms with van der Waals surface area (Å²) < 4.78 is 18.3. The highest BCUT2D eigenvalue weighted by atomic mass is 35.5. The Bertz CT molecular complexity index is 1500. The number of benzene rings is 2. The Morgan fingerprint density at radius 2 is 1.95 bits per heavy atom. The van der Waals surface area contributed by atoms with E-state index in [1.54, 1.807) is 11.2 Å². The lowest BCUT2D eigenvalue weighted by Gasteiger charge is -2.41. The molecule has 0 saturated carbocycles. The van der Waals surface area contributed by atoms with Crippen LogP contribution >= 0.6 is 11.6 Å². The number of aryl methyl sites for hydroxylation is 1. The number of rotatable bonds is 0. The van der Waals surface area contributed by atoms with E-state index >= 15 is 0 Å². The van der Waals surface area contributed by atoms with Crippen LogP contribution in [0.1, 0.15) is 38.8 Å². The van der Waals surface area contributed by atoms with Crippen LogP contribution in [0.2, 0.25) is 5.02 Å². The summed E-state index contributed by atoms with van der Waals surface area (Å²) in [7, 11) is 0. The fraction of sp³-hybridized carbons (Fsp3) is 0.414. The van der Waals surface area contributed by atoms with Gasteiger partial charge in [0.05, 0.1) is 22.0 Å². The van der Waals surface area contributed by atoms with Crippen LogP contribution in [0, 0.1) is 6.92 Å². The van der Waals surface area contributed by atoms with Gasteiger partial charge in [-0.15, -0.1) is 0 Å². The quantitative estimate of drug-likeness (QED) is 0.357. The lowest BCUT2D eigenvalue weighted by atomic mass is 9.90. The van der Waals surface area contributed by atoms with Crippen LogP contribution in [0.5, 0.6) is 11.5 Å². The number of ether oxygens (including phenoxy) is 3. The predicted molar refractivity (Wildman–Crippen MR) is 148 cm³/mol. The van der Waals surface area contributed by atoms with Gasteiger partial charge < -0.3 is 24.0 Å². The minimum atomic E-state index is -0.558. The molecule has 0 unspecified atom stereocenters. The van der Waals surface area contributed by atoms with Crippen molar-refractivity contribution in [2.45, 2.75) is 46.3 Å². The van der Waals surface area contributed by atoms with Crippen molar-refractivity contribution in [3.05, 3.63) is 46.2 Å². The number of fused-ring (bicyclic) bond motifs is 6. The Morgan fingerprint density at radius 1 is 1.13 bits per heavy atom. The Balaban J connectivity index is 1.51. The predicted octanol–water partition coefficient (Wildman–Crippen LogP) is 5.87. The topological polar surface area (TPSA) is 77.0 Å². The maximum atomic E-state index is 12.8. The zero-order chi connectivity index (χ0) is 26.8. The summed E-state index contributed by atoms with van der Waals surface area (Å²) in [6, 6.07) is 5.90. The van der Waals surface area contributed by atoms with E-state index in [4.69, 9.17) is 35.8 Å². The SMILES string of the molecule is C/C1=C/c2c(c(Cl)c3c4c(ncnc24)N2CCN(C(=O)OC(C)(C)C)C[C@H]2CO3)-c2c(C)cccc2OC1. The largest absolute Gasteiger partial charge is 0.489 e. The van der Waals surface area contributed by atoms with Gasteiger partial charge in [0, 0.05) is 36.3 Å². The molecule has 0 aliphatic carbocycles. The molecular formula is C29H31ClN4O4. The fourth-order valence-corrected chi connectivity index (χ4v) is 5.84. The van der Waals surface area contributed by atoms with Gasteiger partial charge >= 0.3 is 6.09 Å².